The molecule has 0 aliphatic carbocycles. The molecule has 1 rings (SSSR count). The Balaban J connectivity index is 2.91. The Morgan fingerprint density at radius 3 is 2.64 bits per heavy atom. The molecule has 0 saturated heterocycles. The van der Waals surface area contributed by atoms with Crippen molar-refractivity contribution < 1.29 is 9.53 Å². The van der Waals surface area contributed by atoms with Gasteiger partial charge in [-0.2, -0.15) is 0 Å². The molecule has 1 aromatic carbocycles. The summed E-state index contributed by atoms with van der Waals surface area (Å²) < 4.78 is 4.86. The van der Waals surface area contributed by atoms with Crippen LogP contribution in [0.25, 0.3) is 0 Å². The molecule has 0 aliphatic rings. The van der Waals surface area contributed by atoms with Gasteiger partial charge >= 0.3 is 5.97 Å². The summed E-state index contributed by atoms with van der Waals surface area (Å²) in [5.74, 6) is -0.318. The number of anilines is 1. The maximum atomic E-state index is 11.3. The van der Waals surface area contributed by atoms with E-state index in [1.807, 2.05) is 13.0 Å². The first-order valence-corrected chi connectivity index (χ1v) is 4.74. The van der Waals surface area contributed by atoms with Crippen molar-refractivity contribution in [3.63, 3.8) is 0 Å². The molecule has 3 nitrogen and oxygen atoms in total. The Bertz CT molecular complexity index is 334. The number of esters is 1. The van der Waals surface area contributed by atoms with Gasteiger partial charge in [0, 0.05) is 5.69 Å². The molecule has 0 heterocycles. The van der Waals surface area contributed by atoms with E-state index in [9.17, 15) is 4.79 Å². The summed E-state index contributed by atoms with van der Waals surface area (Å²) >= 11 is 0. The van der Waals surface area contributed by atoms with E-state index in [2.05, 4.69) is 0 Å². The lowest BCUT2D eigenvalue weighted by molar-refractivity contribution is 0.0526. The quantitative estimate of drug-likeness (QED) is 0.590. The third kappa shape index (κ3) is 2.25. The molecule has 0 radical (unpaired) electrons. The molecule has 76 valence electrons. The van der Waals surface area contributed by atoms with E-state index in [0.29, 0.717) is 17.9 Å². The average Bonchev–Trinajstić information content (AvgIpc) is 2.18. The van der Waals surface area contributed by atoms with E-state index in [1.165, 1.54) is 0 Å². The predicted octanol–water partition coefficient (Wildman–Crippen LogP) is 2.01. The maximum Gasteiger partial charge on any atom is 0.338 e. The lowest BCUT2D eigenvalue weighted by Gasteiger charge is -2.05. The van der Waals surface area contributed by atoms with Crippen molar-refractivity contribution in [2.75, 3.05) is 12.3 Å². The first-order chi connectivity index (χ1) is 6.69. The topological polar surface area (TPSA) is 52.3 Å². The van der Waals surface area contributed by atoms with Crippen molar-refractivity contribution in [1.82, 2.24) is 0 Å². The Labute approximate surface area is 83.9 Å². The van der Waals surface area contributed by atoms with Gasteiger partial charge in [0.25, 0.3) is 0 Å². The molecule has 0 aliphatic heterocycles. The summed E-state index contributed by atoms with van der Waals surface area (Å²) in [7, 11) is 0. The van der Waals surface area contributed by atoms with Crippen LogP contribution in [0.3, 0.4) is 0 Å². The summed E-state index contributed by atoms with van der Waals surface area (Å²) in [5, 5.41) is 0. The molecule has 0 atom stereocenters. The van der Waals surface area contributed by atoms with Crippen LogP contribution in [0.5, 0.6) is 0 Å². The van der Waals surface area contributed by atoms with Gasteiger partial charge in [0.1, 0.15) is 0 Å². The molecule has 0 spiro atoms. The number of carbonyl (C=O) groups excluding carboxylic acids is 1. The molecular formula is C11H15NO2. The Morgan fingerprint density at radius 2 is 2.14 bits per heavy atom. The van der Waals surface area contributed by atoms with Crippen molar-refractivity contribution in [3.8, 4) is 0 Å². The minimum atomic E-state index is -0.318. The van der Waals surface area contributed by atoms with Gasteiger partial charge < -0.3 is 10.5 Å². The van der Waals surface area contributed by atoms with Gasteiger partial charge in [0.2, 0.25) is 0 Å². The van der Waals surface area contributed by atoms with Gasteiger partial charge in [-0.1, -0.05) is 13.0 Å². The van der Waals surface area contributed by atoms with Crippen LogP contribution in [0.15, 0.2) is 18.2 Å². The first-order valence-electron chi connectivity index (χ1n) is 4.74. The number of ether oxygens (including phenoxy) is 1. The van der Waals surface area contributed by atoms with Crippen LogP contribution in [0, 0.1) is 0 Å². The van der Waals surface area contributed by atoms with Crippen molar-refractivity contribution in [2.24, 2.45) is 0 Å². The Hall–Kier alpha value is -1.51. The zero-order chi connectivity index (χ0) is 10.6. The van der Waals surface area contributed by atoms with Gasteiger partial charge in [0.15, 0.2) is 0 Å². The van der Waals surface area contributed by atoms with E-state index in [4.69, 9.17) is 10.5 Å². The van der Waals surface area contributed by atoms with E-state index >= 15 is 0 Å². The fraction of sp³-hybridized carbons (Fsp3) is 0.364. The Kier molecular flexibility index (Phi) is 3.51. The summed E-state index contributed by atoms with van der Waals surface area (Å²) in [4.78, 5) is 11.3. The van der Waals surface area contributed by atoms with Crippen molar-refractivity contribution >= 4 is 11.7 Å². The van der Waals surface area contributed by atoms with Gasteiger partial charge in [0.05, 0.1) is 12.2 Å². The number of hydrogen-bond donors (Lipinski definition) is 1. The number of rotatable bonds is 3. The molecule has 14 heavy (non-hydrogen) atoms. The normalized spacial score (nSPS) is 9.86. The molecule has 2 N–H and O–H groups in total. The molecule has 0 bridgehead atoms. The summed E-state index contributed by atoms with van der Waals surface area (Å²) in [5.41, 5.74) is 7.98. The standard InChI is InChI=1S/C11H15NO2/c1-3-8-5-6-9(7-10(8)12)11(13)14-4-2/h5-7H,3-4,12H2,1-2H3. The average molecular weight is 193 g/mol. The number of aryl methyl sites for hydroxylation is 1. The highest BCUT2D eigenvalue weighted by molar-refractivity contribution is 5.90. The van der Waals surface area contributed by atoms with Gasteiger partial charge in [-0.25, -0.2) is 4.79 Å². The van der Waals surface area contributed by atoms with Crippen LogP contribution >= 0.6 is 0 Å². The van der Waals surface area contributed by atoms with Crippen LogP contribution < -0.4 is 5.73 Å². The van der Waals surface area contributed by atoms with E-state index in [1.54, 1.807) is 19.1 Å². The molecule has 0 saturated carbocycles. The third-order valence-corrected chi connectivity index (χ3v) is 2.04. The largest absolute Gasteiger partial charge is 0.462 e. The molecule has 0 aromatic heterocycles. The SMILES string of the molecule is CCOC(=O)c1ccc(CC)c(N)c1. The smallest absolute Gasteiger partial charge is 0.338 e. The summed E-state index contributed by atoms with van der Waals surface area (Å²) in [6.07, 6.45) is 0.870. The van der Waals surface area contributed by atoms with Crippen LogP contribution in [0.2, 0.25) is 0 Å². The number of benzene rings is 1. The second-order valence-corrected chi connectivity index (χ2v) is 2.99. The lowest BCUT2D eigenvalue weighted by Crippen LogP contribution is -2.06. The molecule has 1 aromatic rings. The second-order valence-electron chi connectivity index (χ2n) is 2.99. The first kappa shape index (κ1) is 10.6. The van der Waals surface area contributed by atoms with Crippen molar-refractivity contribution in [3.05, 3.63) is 29.3 Å². The number of carbonyl (C=O) groups is 1. The van der Waals surface area contributed by atoms with Crippen LogP contribution in [0.4, 0.5) is 5.69 Å². The molecule has 3 heteroatoms. The second kappa shape index (κ2) is 4.65. The van der Waals surface area contributed by atoms with Gasteiger partial charge in [-0.05, 0) is 31.0 Å². The molecule has 0 amide bonds. The zero-order valence-electron chi connectivity index (χ0n) is 8.54. The monoisotopic (exact) mass is 193 g/mol. The highest BCUT2D eigenvalue weighted by atomic mass is 16.5. The highest BCUT2D eigenvalue weighted by Crippen LogP contribution is 2.15. The Morgan fingerprint density at radius 1 is 1.43 bits per heavy atom. The number of nitrogens with two attached hydrogens (primary N) is 1. The third-order valence-electron chi connectivity index (χ3n) is 2.04. The summed E-state index contributed by atoms with van der Waals surface area (Å²) in [6, 6.07) is 5.27. The van der Waals surface area contributed by atoms with Gasteiger partial charge in [-0.15, -0.1) is 0 Å². The highest BCUT2D eigenvalue weighted by Gasteiger charge is 2.07. The minimum Gasteiger partial charge on any atom is -0.462 e. The maximum absolute atomic E-state index is 11.3. The fourth-order valence-electron chi connectivity index (χ4n) is 1.26. The minimum absolute atomic E-state index is 0.318. The van der Waals surface area contributed by atoms with Crippen LogP contribution in [0.1, 0.15) is 29.8 Å². The van der Waals surface area contributed by atoms with E-state index < -0.39 is 0 Å². The molecular weight excluding hydrogens is 178 g/mol. The van der Waals surface area contributed by atoms with Gasteiger partial charge in [-0.3, -0.25) is 0 Å². The van der Waals surface area contributed by atoms with Crippen LogP contribution in [-0.2, 0) is 11.2 Å². The lowest BCUT2D eigenvalue weighted by atomic mass is 10.1. The van der Waals surface area contributed by atoms with E-state index in [-0.39, 0.29) is 5.97 Å². The predicted molar refractivity (Wildman–Crippen MR) is 56.2 cm³/mol. The fourth-order valence-corrected chi connectivity index (χ4v) is 1.26. The number of hydrogen-bond acceptors (Lipinski definition) is 3. The van der Waals surface area contributed by atoms with Crippen molar-refractivity contribution in [2.45, 2.75) is 20.3 Å². The van der Waals surface area contributed by atoms with Crippen LogP contribution in [-0.4, -0.2) is 12.6 Å². The van der Waals surface area contributed by atoms with E-state index in [0.717, 1.165) is 12.0 Å². The molecule has 0 unspecified atom stereocenters. The van der Waals surface area contributed by atoms with Crippen molar-refractivity contribution in [1.29, 1.82) is 0 Å². The summed E-state index contributed by atoms with van der Waals surface area (Å²) in [6.45, 7) is 4.19. The molecule has 0 fully saturated rings. The zero-order valence-corrected chi connectivity index (χ0v) is 8.54. The number of nitrogen functional groups attached to an aromatic ring is 1.